The zero-order valence-electron chi connectivity index (χ0n) is 21.1. The molecule has 1 N–H and O–H groups in total. The quantitative estimate of drug-likeness (QED) is 0.345. The summed E-state index contributed by atoms with van der Waals surface area (Å²) in [5.41, 5.74) is 3.63. The van der Waals surface area contributed by atoms with Gasteiger partial charge in [-0.25, -0.2) is 0 Å². The monoisotopic (exact) mass is 494 g/mol. The molecule has 0 amide bonds. The van der Waals surface area contributed by atoms with Crippen molar-refractivity contribution in [3.05, 3.63) is 144 Å². The molecule has 3 bridgehead atoms. The number of rotatable bonds is 4. The van der Waals surface area contributed by atoms with Crippen LogP contribution in [-0.2, 0) is 0 Å². The van der Waals surface area contributed by atoms with Crippen molar-refractivity contribution in [3.63, 3.8) is 0 Å². The summed E-state index contributed by atoms with van der Waals surface area (Å²) in [5.74, 6) is 2.81. The van der Waals surface area contributed by atoms with Gasteiger partial charge in [-0.3, -0.25) is 9.80 Å². The van der Waals surface area contributed by atoms with Crippen LogP contribution in [0.1, 0.15) is 46.4 Å². The Hall–Kier alpha value is -3.68. The molecule has 3 nitrogen and oxygen atoms in total. The van der Waals surface area contributed by atoms with E-state index in [2.05, 4.69) is 137 Å². The molecule has 4 aromatic rings. The lowest BCUT2D eigenvalue weighted by molar-refractivity contribution is -0.211. The summed E-state index contributed by atoms with van der Waals surface area (Å²) < 4.78 is 0. The second kappa shape index (κ2) is 7.91. The minimum Gasteiger partial charge on any atom is -0.377 e. The fourth-order valence-corrected chi connectivity index (χ4v) is 9.20. The van der Waals surface area contributed by atoms with Crippen molar-refractivity contribution in [2.45, 2.75) is 29.8 Å². The van der Waals surface area contributed by atoms with Crippen LogP contribution in [0.15, 0.2) is 121 Å². The molecule has 4 aromatic carbocycles. The molecular weight excluding hydrogens is 464 g/mol. The van der Waals surface area contributed by atoms with E-state index in [1.54, 1.807) is 0 Å². The number of hydrogen-bond donors (Lipinski definition) is 1. The van der Waals surface area contributed by atoms with E-state index in [4.69, 9.17) is 6.42 Å². The molecule has 3 saturated heterocycles. The molecular formula is C35H30N2O. The Bertz CT molecular complexity index is 1410. The van der Waals surface area contributed by atoms with Gasteiger partial charge < -0.3 is 5.11 Å². The Morgan fingerprint density at radius 2 is 0.921 bits per heavy atom. The Kier molecular flexibility index (Phi) is 4.65. The van der Waals surface area contributed by atoms with Crippen LogP contribution in [0, 0.1) is 29.6 Å². The first-order valence-electron chi connectivity index (χ1n) is 13.6. The van der Waals surface area contributed by atoms with Crippen molar-refractivity contribution in [2.75, 3.05) is 6.67 Å². The van der Waals surface area contributed by atoms with E-state index in [9.17, 15) is 5.11 Å². The van der Waals surface area contributed by atoms with E-state index in [1.165, 1.54) is 22.3 Å². The van der Waals surface area contributed by atoms with Crippen molar-refractivity contribution in [1.29, 1.82) is 0 Å². The summed E-state index contributed by atoms with van der Waals surface area (Å²) in [6, 6.07) is 43.7. The first-order valence-corrected chi connectivity index (χ1v) is 13.6. The molecule has 8 atom stereocenters. The van der Waals surface area contributed by atoms with Crippen molar-refractivity contribution >= 4 is 0 Å². The zero-order valence-corrected chi connectivity index (χ0v) is 21.1. The highest BCUT2D eigenvalue weighted by molar-refractivity contribution is 5.51. The molecule has 3 heterocycles. The van der Waals surface area contributed by atoms with Gasteiger partial charge in [0.15, 0.2) is 0 Å². The summed E-state index contributed by atoms with van der Waals surface area (Å²) in [5, 5.41) is 12.6. The summed E-state index contributed by atoms with van der Waals surface area (Å²) >= 11 is 0. The van der Waals surface area contributed by atoms with Crippen LogP contribution < -0.4 is 0 Å². The summed E-state index contributed by atoms with van der Waals surface area (Å²) in [7, 11) is 0. The molecule has 1 spiro atoms. The molecule has 4 fully saturated rings. The van der Waals surface area contributed by atoms with E-state index in [0.717, 1.165) is 6.67 Å². The van der Waals surface area contributed by atoms with Crippen LogP contribution in [0.2, 0.25) is 0 Å². The number of aliphatic hydroxyl groups is 1. The average Bonchev–Trinajstić information content (AvgIpc) is 3.30. The molecule has 3 heteroatoms. The molecule has 4 aliphatic rings. The summed E-state index contributed by atoms with van der Waals surface area (Å²) in [6.45, 7) is 0.813. The Balaban J connectivity index is 1.44. The summed E-state index contributed by atoms with van der Waals surface area (Å²) in [6.07, 6.45) is 6.35. The van der Waals surface area contributed by atoms with E-state index < -0.39 is 5.60 Å². The van der Waals surface area contributed by atoms with Crippen LogP contribution in [0.25, 0.3) is 0 Å². The topological polar surface area (TPSA) is 26.7 Å². The smallest absolute Gasteiger partial charge is 0.135 e. The molecule has 8 rings (SSSR count). The molecule has 1 aliphatic carbocycles. The van der Waals surface area contributed by atoms with Gasteiger partial charge >= 0.3 is 0 Å². The first kappa shape index (κ1) is 22.3. The SMILES string of the molecule is C#CC1(O)[C@@H]2[C@@H](c3ccccc3)N3CN4[C@H](c5ccccc5)[C@@H]1C2([C@@H]3c1ccccc1)[C@@H]4c1ccccc1. The maximum absolute atomic E-state index is 12.6. The van der Waals surface area contributed by atoms with E-state index in [1.807, 2.05) is 0 Å². The zero-order chi connectivity index (χ0) is 25.5. The Morgan fingerprint density at radius 3 is 1.26 bits per heavy atom. The minimum absolute atomic E-state index is 0.0339. The molecule has 3 aliphatic heterocycles. The number of terminal acetylenes is 1. The third-order valence-electron chi connectivity index (χ3n) is 10.1. The van der Waals surface area contributed by atoms with Crippen molar-refractivity contribution in [1.82, 2.24) is 9.80 Å². The van der Waals surface area contributed by atoms with E-state index in [0.29, 0.717) is 0 Å². The number of benzene rings is 4. The van der Waals surface area contributed by atoms with Crippen molar-refractivity contribution in [3.8, 4) is 12.3 Å². The largest absolute Gasteiger partial charge is 0.377 e. The minimum atomic E-state index is -1.22. The van der Waals surface area contributed by atoms with Gasteiger partial charge in [0.1, 0.15) is 5.60 Å². The van der Waals surface area contributed by atoms with Crippen LogP contribution in [-0.4, -0.2) is 27.2 Å². The molecule has 0 radical (unpaired) electrons. The highest BCUT2D eigenvalue weighted by Crippen LogP contribution is 2.87. The third-order valence-corrected chi connectivity index (χ3v) is 10.1. The van der Waals surface area contributed by atoms with Crippen LogP contribution in [0.5, 0.6) is 0 Å². The van der Waals surface area contributed by atoms with Gasteiger partial charge in [0, 0.05) is 41.4 Å². The van der Waals surface area contributed by atoms with Crippen molar-refractivity contribution < 1.29 is 5.11 Å². The van der Waals surface area contributed by atoms with Gasteiger partial charge in [-0.05, 0) is 22.3 Å². The highest BCUT2D eigenvalue weighted by Gasteiger charge is 2.89. The second-order valence-electron chi connectivity index (χ2n) is 11.4. The third kappa shape index (κ3) is 2.56. The van der Waals surface area contributed by atoms with Gasteiger partial charge in [0.05, 0.1) is 6.67 Å². The summed E-state index contributed by atoms with van der Waals surface area (Å²) in [4.78, 5) is 5.31. The predicted molar refractivity (Wildman–Crippen MR) is 148 cm³/mol. The molecule has 1 saturated carbocycles. The Morgan fingerprint density at radius 1 is 0.579 bits per heavy atom. The standard InChI is InChI=1S/C35H30N2O/c1-2-34(38)30-28(24-15-7-3-8-16-24)36-23-37-29(25-17-9-4-10-18-25)31(34)35(30,32(36)26-19-11-5-12-20-26)33(37)27-21-13-6-14-22-27/h1,3-22,28-33,38H,23H2/t28-,29-,30+,31+,32+,33+,35?/m1/s1. The van der Waals surface area contributed by atoms with E-state index in [-0.39, 0.29) is 41.4 Å². The van der Waals surface area contributed by atoms with Gasteiger partial charge in [0.2, 0.25) is 0 Å². The van der Waals surface area contributed by atoms with Gasteiger partial charge in [-0.1, -0.05) is 127 Å². The predicted octanol–water partition coefficient (Wildman–Crippen LogP) is 6.15. The maximum Gasteiger partial charge on any atom is 0.135 e. The van der Waals surface area contributed by atoms with Gasteiger partial charge in [-0.2, -0.15) is 0 Å². The van der Waals surface area contributed by atoms with Gasteiger partial charge in [0.25, 0.3) is 0 Å². The molecule has 38 heavy (non-hydrogen) atoms. The van der Waals surface area contributed by atoms with E-state index >= 15 is 0 Å². The van der Waals surface area contributed by atoms with Crippen LogP contribution in [0.4, 0.5) is 0 Å². The lowest BCUT2D eigenvalue weighted by Gasteiger charge is -2.63. The molecule has 186 valence electrons. The number of nitrogens with zero attached hydrogens (tertiary/aromatic N) is 2. The molecule has 0 aromatic heterocycles. The van der Waals surface area contributed by atoms with Gasteiger partial charge in [-0.15, -0.1) is 6.42 Å². The number of fused-ring (bicyclic) bond motifs is 2. The Labute approximate surface area is 224 Å². The maximum atomic E-state index is 12.6. The van der Waals surface area contributed by atoms with Crippen LogP contribution >= 0.6 is 0 Å². The average molecular weight is 495 g/mol. The lowest BCUT2D eigenvalue weighted by atomic mass is 9.39. The highest BCUT2D eigenvalue weighted by atomic mass is 16.3. The first-order chi connectivity index (χ1) is 18.7. The number of hydrogen-bond acceptors (Lipinski definition) is 3. The molecule has 2 unspecified atom stereocenters. The van der Waals surface area contributed by atoms with Crippen molar-refractivity contribution in [2.24, 2.45) is 17.3 Å². The lowest BCUT2D eigenvalue weighted by Crippen LogP contribution is -2.69. The second-order valence-corrected chi connectivity index (χ2v) is 11.4. The fourth-order valence-electron chi connectivity index (χ4n) is 9.20. The fraction of sp³-hybridized carbons (Fsp3) is 0.257. The van der Waals surface area contributed by atoms with Crippen LogP contribution in [0.3, 0.4) is 0 Å². The normalized spacial score (nSPS) is 39.8.